The van der Waals surface area contributed by atoms with Crippen LogP contribution in [0.5, 0.6) is 0 Å². The van der Waals surface area contributed by atoms with Crippen molar-refractivity contribution in [2.75, 3.05) is 32.5 Å². The Morgan fingerprint density at radius 2 is 2.33 bits per heavy atom. The number of rotatable bonds is 4. The molecule has 1 aliphatic heterocycles. The minimum Gasteiger partial charge on any atom is -0.326 e. The summed E-state index contributed by atoms with van der Waals surface area (Å²) in [5.41, 5.74) is 2.07. The number of amides is 1. The third kappa shape index (κ3) is 3.31. The highest BCUT2D eigenvalue weighted by molar-refractivity contribution is 5.92. The summed E-state index contributed by atoms with van der Waals surface area (Å²) in [7, 11) is 3.97. The summed E-state index contributed by atoms with van der Waals surface area (Å²) in [6, 6.07) is 7.99. The maximum absolute atomic E-state index is 12.1. The third-order valence-corrected chi connectivity index (χ3v) is 3.34. The summed E-state index contributed by atoms with van der Waals surface area (Å²) in [5, 5.41) is 6.12. The molecule has 1 fully saturated rings. The van der Waals surface area contributed by atoms with Gasteiger partial charge in [0, 0.05) is 18.8 Å². The number of carbonyl (C=O) groups excluding carboxylic acids is 1. The first-order valence-electron chi connectivity index (χ1n) is 6.42. The summed E-state index contributed by atoms with van der Waals surface area (Å²) in [6.07, 6.45) is 0.957. The molecule has 1 unspecified atom stereocenters. The highest BCUT2D eigenvalue weighted by atomic mass is 16.1. The molecule has 98 valence electrons. The molecule has 1 aliphatic rings. The number of nitrogens with one attached hydrogen (secondary N) is 2. The molecule has 1 aromatic rings. The van der Waals surface area contributed by atoms with Crippen LogP contribution in [0.25, 0.3) is 0 Å². The number of anilines is 1. The Morgan fingerprint density at radius 3 is 3.00 bits per heavy atom. The predicted molar refractivity (Wildman–Crippen MR) is 73.4 cm³/mol. The van der Waals surface area contributed by atoms with Crippen LogP contribution in [0, 0.1) is 5.92 Å². The van der Waals surface area contributed by atoms with Gasteiger partial charge in [-0.3, -0.25) is 4.79 Å². The number of carbonyl (C=O) groups is 1. The Kier molecular flexibility index (Phi) is 4.33. The number of nitrogens with zero attached hydrogens (tertiary/aromatic N) is 1. The van der Waals surface area contributed by atoms with Gasteiger partial charge in [-0.15, -0.1) is 0 Å². The average Bonchev–Trinajstić information content (AvgIpc) is 2.77. The van der Waals surface area contributed by atoms with Crippen molar-refractivity contribution < 1.29 is 4.79 Å². The fraction of sp³-hybridized carbons (Fsp3) is 0.500. The SMILES string of the molecule is CNCc1cccc(NC(=O)C2CCN(C)C2)c1. The lowest BCUT2D eigenvalue weighted by molar-refractivity contribution is -0.119. The second kappa shape index (κ2) is 5.98. The molecule has 1 aromatic carbocycles. The first-order valence-corrected chi connectivity index (χ1v) is 6.42. The van der Waals surface area contributed by atoms with Crippen LogP contribution in [0.1, 0.15) is 12.0 Å². The van der Waals surface area contributed by atoms with Gasteiger partial charge in [-0.2, -0.15) is 0 Å². The summed E-state index contributed by atoms with van der Waals surface area (Å²) in [5.74, 6) is 0.268. The molecule has 4 nitrogen and oxygen atoms in total. The molecular weight excluding hydrogens is 226 g/mol. The van der Waals surface area contributed by atoms with Gasteiger partial charge in [0.25, 0.3) is 0 Å². The van der Waals surface area contributed by atoms with Crippen LogP contribution in [0.15, 0.2) is 24.3 Å². The standard InChI is InChI=1S/C14H21N3O/c1-15-9-11-4-3-5-13(8-11)16-14(18)12-6-7-17(2)10-12/h3-5,8,12,15H,6-7,9-10H2,1-2H3,(H,16,18). The zero-order chi connectivity index (χ0) is 13.0. The van der Waals surface area contributed by atoms with Gasteiger partial charge in [0.15, 0.2) is 0 Å². The Bertz CT molecular complexity index is 419. The molecule has 4 heteroatoms. The molecule has 0 saturated carbocycles. The van der Waals surface area contributed by atoms with Gasteiger partial charge < -0.3 is 15.5 Å². The molecule has 0 aromatic heterocycles. The van der Waals surface area contributed by atoms with Crippen LogP contribution in [-0.2, 0) is 11.3 Å². The number of likely N-dealkylation sites (tertiary alicyclic amines) is 1. The Morgan fingerprint density at radius 1 is 1.50 bits per heavy atom. The fourth-order valence-electron chi connectivity index (χ4n) is 2.36. The lowest BCUT2D eigenvalue weighted by atomic mass is 10.1. The second-order valence-electron chi connectivity index (χ2n) is 4.97. The van der Waals surface area contributed by atoms with Crippen molar-refractivity contribution in [3.63, 3.8) is 0 Å². The van der Waals surface area contributed by atoms with Crippen molar-refractivity contribution in [3.8, 4) is 0 Å². The molecule has 1 amide bonds. The van der Waals surface area contributed by atoms with E-state index in [4.69, 9.17) is 0 Å². The molecule has 0 radical (unpaired) electrons. The number of hydrogen-bond acceptors (Lipinski definition) is 3. The summed E-state index contributed by atoms with van der Waals surface area (Å²) in [6.45, 7) is 2.69. The minimum atomic E-state index is 0.128. The quantitative estimate of drug-likeness (QED) is 0.843. The van der Waals surface area contributed by atoms with Crippen LogP contribution in [-0.4, -0.2) is 38.0 Å². The first kappa shape index (κ1) is 13.1. The van der Waals surface area contributed by atoms with E-state index < -0.39 is 0 Å². The summed E-state index contributed by atoms with van der Waals surface area (Å²) >= 11 is 0. The van der Waals surface area contributed by atoms with E-state index in [1.54, 1.807) is 0 Å². The van der Waals surface area contributed by atoms with E-state index in [9.17, 15) is 4.79 Å². The molecule has 1 atom stereocenters. The van der Waals surface area contributed by atoms with Gasteiger partial charge in [0.05, 0.1) is 5.92 Å². The van der Waals surface area contributed by atoms with E-state index in [1.165, 1.54) is 5.56 Å². The van der Waals surface area contributed by atoms with E-state index in [1.807, 2.05) is 25.2 Å². The highest BCUT2D eigenvalue weighted by Gasteiger charge is 2.25. The molecule has 1 heterocycles. The smallest absolute Gasteiger partial charge is 0.228 e. The summed E-state index contributed by atoms with van der Waals surface area (Å²) in [4.78, 5) is 14.3. The van der Waals surface area contributed by atoms with Crippen LogP contribution >= 0.6 is 0 Å². The van der Waals surface area contributed by atoms with Gasteiger partial charge >= 0.3 is 0 Å². The minimum absolute atomic E-state index is 0.128. The second-order valence-corrected chi connectivity index (χ2v) is 4.97. The van der Waals surface area contributed by atoms with E-state index in [0.717, 1.165) is 31.7 Å². The molecule has 2 N–H and O–H groups in total. The van der Waals surface area contributed by atoms with Crippen molar-refractivity contribution in [1.29, 1.82) is 0 Å². The fourth-order valence-corrected chi connectivity index (χ4v) is 2.36. The maximum atomic E-state index is 12.1. The zero-order valence-corrected chi connectivity index (χ0v) is 11.1. The van der Waals surface area contributed by atoms with Gasteiger partial charge in [-0.05, 0) is 44.8 Å². The lowest BCUT2D eigenvalue weighted by Gasteiger charge is -2.12. The normalized spacial score (nSPS) is 20.0. The average molecular weight is 247 g/mol. The van der Waals surface area contributed by atoms with E-state index in [-0.39, 0.29) is 11.8 Å². The summed E-state index contributed by atoms with van der Waals surface area (Å²) < 4.78 is 0. The van der Waals surface area contributed by atoms with Crippen molar-refractivity contribution in [2.45, 2.75) is 13.0 Å². The van der Waals surface area contributed by atoms with E-state index in [2.05, 4.69) is 28.6 Å². The molecule has 18 heavy (non-hydrogen) atoms. The third-order valence-electron chi connectivity index (χ3n) is 3.34. The molecular formula is C14H21N3O. The van der Waals surface area contributed by atoms with Crippen LogP contribution < -0.4 is 10.6 Å². The first-order chi connectivity index (χ1) is 8.69. The van der Waals surface area contributed by atoms with Crippen LogP contribution in [0.3, 0.4) is 0 Å². The molecule has 0 bridgehead atoms. The van der Waals surface area contributed by atoms with Crippen molar-refractivity contribution in [3.05, 3.63) is 29.8 Å². The Balaban J connectivity index is 1.96. The number of benzene rings is 1. The largest absolute Gasteiger partial charge is 0.326 e. The van der Waals surface area contributed by atoms with Crippen LogP contribution in [0.2, 0.25) is 0 Å². The van der Waals surface area contributed by atoms with Crippen molar-refractivity contribution in [1.82, 2.24) is 10.2 Å². The maximum Gasteiger partial charge on any atom is 0.228 e. The van der Waals surface area contributed by atoms with Crippen molar-refractivity contribution >= 4 is 11.6 Å². The Hall–Kier alpha value is -1.39. The van der Waals surface area contributed by atoms with E-state index >= 15 is 0 Å². The highest BCUT2D eigenvalue weighted by Crippen LogP contribution is 2.17. The van der Waals surface area contributed by atoms with Gasteiger partial charge in [0.1, 0.15) is 0 Å². The molecule has 2 rings (SSSR count). The van der Waals surface area contributed by atoms with Crippen LogP contribution in [0.4, 0.5) is 5.69 Å². The number of hydrogen-bond donors (Lipinski definition) is 2. The monoisotopic (exact) mass is 247 g/mol. The molecule has 0 spiro atoms. The molecule has 1 saturated heterocycles. The predicted octanol–water partition coefficient (Wildman–Crippen LogP) is 1.30. The van der Waals surface area contributed by atoms with E-state index in [0.29, 0.717) is 0 Å². The van der Waals surface area contributed by atoms with Crippen molar-refractivity contribution in [2.24, 2.45) is 5.92 Å². The topological polar surface area (TPSA) is 44.4 Å². The lowest BCUT2D eigenvalue weighted by Crippen LogP contribution is -2.25. The van der Waals surface area contributed by atoms with Gasteiger partial charge in [-0.1, -0.05) is 12.1 Å². The Labute approximate surface area is 108 Å². The van der Waals surface area contributed by atoms with Gasteiger partial charge in [-0.25, -0.2) is 0 Å². The zero-order valence-electron chi connectivity index (χ0n) is 11.1. The van der Waals surface area contributed by atoms with Gasteiger partial charge in [0.2, 0.25) is 5.91 Å². The molecule has 0 aliphatic carbocycles.